The van der Waals surface area contributed by atoms with Gasteiger partial charge >= 0.3 is 4.84 Å². The van der Waals surface area contributed by atoms with Crippen LogP contribution >= 0.6 is 12.2 Å². The monoisotopic (exact) mass is 237 g/mol. The number of sulfonamides is 1. The fourth-order valence-corrected chi connectivity index (χ4v) is 1.72. The van der Waals surface area contributed by atoms with E-state index in [1.807, 2.05) is 0 Å². The number of hydrogen-bond donors (Lipinski definition) is 2. The van der Waals surface area contributed by atoms with Gasteiger partial charge < -0.3 is 4.52 Å². The van der Waals surface area contributed by atoms with E-state index < -0.39 is 10.0 Å². The maximum atomic E-state index is 10.6. The summed E-state index contributed by atoms with van der Waals surface area (Å²) in [7, 11) is -3.35. The Bertz CT molecular complexity index is 433. The van der Waals surface area contributed by atoms with Gasteiger partial charge in [-0.3, -0.25) is 0 Å². The van der Waals surface area contributed by atoms with Gasteiger partial charge in [0.05, 0.1) is 5.75 Å². The first-order valence-electron chi connectivity index (χ1n) is 4.02. The highest BCUT2D eigenvalue weighted by molar-refractivity contribution is 7.89. The molecule has 0 fully saturated rings. The largest absolute Gasteiger partial charge is 0.348 e. The molecule has 0 atom stereocenters. The number of nitrogens with one attached hydrogen (secondary N) is 1. The van der Waals surface area contributed by atoms with Crippen LogP contribution in [0.3, 0.4) is 0 Å². The van der Waals surface area contributed by atoms with Crippen molar-refractivity contribution in [2.24, 2.45) is 5.14 Å². The standard InChI is InChI=1S/C6H11N3O3S2/c7-14(10,11)4-2-1-3-5-8-6(13)12-9-5/h1-4H2,(H2,7,10,11)(H,8,9,13). The Labute approximate surface area is 86.5 Å². The van der Waals surface area contributed by atoms with E-state index in [4.69, 9.17) is 9.66 Å². The highest BCUT2D eigenvalue weighted by Gasteiger charge is 2.03. The number of hydrogen-bond acceptors (Lipinski definition) is 5. The summed E-state index contributed by atoms with van der Waals surface area (Å²) in [5, 5.41) is 7.36. The number of nitrogens with zero attached hydrogens (tertiary/aromatic N) is 1. The zero-order chi connectivity index (χ0) is 10.6. The highest BCUT2D eigenvalue weighted by atomic mass is 32.2. The van der Waals surface area contributed by atoms with Crippen LogP contribution in [-0.2, 0) is 16.4 Å². The van der Waals surface area contributed by atoms with Crippen LogP contribution in [0.25, 0.3) is 0 Å². The van der Waals surface area contributed by atoms with Gasteiger partial charge in [-0.25, -0.2) is 18.7 Å². The lowest BCUT2D eigenvalue weighted by Gasteiger charge is -1.96. The third kappa shape index (κ3) is 4.49. The summed E-state index contributed by atoms with van der Waals surface area (Å²) in [5.74, 6) is 0.621. The minimum atomic E-state index is -3.35. The van der Waals surface area contributed by atoms with E-state index in [0.717, 1.165) is 0 Å². The van der Waals surface area contributed by atoms with Crippen LogP contribution in [0.5, 0.6) is 0 Å². The smallest absolute Gasteiger partial charge is 0.314 e. The number of aryl methyl sites for hydroxylation is 1. The van der Waals surface area contributed by atoms with Crippen molar-refractivity contribution in [1.82, 2.24) is 10.1 Å². The molecule has 0 spiro atoms. The predicted octanol–water partition coefficient (Wildman–Crippen LogP) is 0.343. The highest BCUT2D eigenvalue weighted by Crippen LogP contribution is 2.00. The van der Waals surface area contributed by atoms with Crippen LogP contribution < -0.4 is 5.14 Å². The third-order valence-electron chi connectivity index (χ3n) is 1.57. The van der Waals surface area contributed by atoms with E-state index in [1.165, 1.54) is 0 Å². The van der Waals surface area contributed by atoms with Crippen molar-refractivity contribution in [2.45, 2.75) is 19.3 Å². The summed E-state index contributed by atoms with van der Waals surface area (Å²) in [5.41, 5.74) is 0. The molecule has 8 heteroatoms. The Kier molecular flexibility index (Phi) is 3.78. The summed E-state index contributed by atoms with van der Waals surface area (Å²) in [6, 6.07) is 0. The maximum Gasteiger partial charge on any atom is 0.314 e. The first-order chi connectivity index (χ1) is 6.47. The van der Waals surface area contributed by atoms with Gasteiger partial charge in [0.2, 0.25) is 10.0 Å². The van der Waals surface area contributed by atoms with Gasteiger partial charge in [-0.2, -0.15) is 4.98 Å². The average Bonchev–Trinajstić information content (AvgIpc) is 2.44. The number of rotatable bonds is 5. The molecule has 0 amide bonds. The van der Waals surface area contributed by atoms with E-state index in [-0.39, 0.29) is 10.6 Å². The number of unbranched alkanes of at least 4 members (excludes halogenated alkanes) is 1. The van der Waals surface area contributed by atoms with E-state index in [9.17, 15) is 8.42 Å². The van der Waals surface area contributed by atoms with Gasteiger partial charge in [0.1, 0.15) is 5.82 Å². The quantitative estimate of drug-likeness (QED) is 0.568. The Balaban J connectivity index is 2.26. The summed E-state index contributed by atoms with van der Waals surface area (Å²) in [6.45, 7) is 0. The van der Waals surface area contributed by atoms with Crippen LogP contribution in [-0.4, -0.2) is 24.3 Å². The summed E-state index contributed by atoms with van der Waals surface area (Å²) < 4.78 is 25.8. The first kappa shape index (κ1) is 11.3. The van der Waals surface area contributed by atoms with Crippen molar-refractivity contribution >= 4 is 22.2 Å². The summed E-state index contributed by atoms with van der Waals surface area (Å²) >= 11 is 4.65. The minimum absolute atomic E-state index is 0.00835. The second kappa shape index (κ2) is 4.67. The normalized spacial score (nSPS) is 11.8. The molecule has 0 saturated heterocycles. The zero-order valence-electron chi connectivity index (χ0n) is 7.39. The molecule has 0 aliphatic heterocycles. The molecule has 0 aliphatic rings. The van der Waals surface area contributed by atoms with Gasteiger partial charge in [0.25, 0.3) is 0 Å². The first-order valence-corrected chi connectivity index (χ1v) is 6.14. The Morgan fingerprint density at radius 3 is 2.71 bits per heavy atom. The Hall–Kier alpha value is -0.730. The zero-order valence-corrected chi connectivity index (χ0v) is 9.03. The Morgan fingerprint density at radius 2 is 2.21 bits per heavy atom. The molecule has 0 bridgehead atoms. The van der Waals surface area contributed by atoms with Crippen LogP contribution in [0.4, 0.5) is 0 Å². The molecular weight excluding hydrogens is 226 g/mol. The molecule has 0 unspecified atom stereocenters. The molecule has 1 heterocycles. The van der Waals surface area contributed by atoms with Crippen molar-refractivity contribution in [3.05, 3.63) is 10.7 Å². The fraction of sp³-hybridized carbons (Fsp3) is 0.667. The molecule has 1 aromatic heterocycles. The van der Waals surface area contributed by atoms with Crippen LogP contribution in [0.1, 0.15) is 18.7 Å². The van der Waals surface area contributed by atoms with E-state index in [1.54, 1.807) is 0 Å². The van der Waals surface area contributed by atoms with Crippen molar-refractivity contribution < 1.29 is 12.9 Å². The molecule has 6 nitrogen and oxygen atoms in total. The lowest BCUT2D eigenvalue weighted by molar-refractivity contribution is 0.397. The van der Waals surface area contributed by atoms with E-state index >= 15 is 0 Å². The predicted molar refractivity (Wildman–Crippen MR) is 52.6 cm³/mol. The third-order valence-corrected chi connectivity index (χ3v) is 2.61. The SMILES string of the molecule is NS(=O)(=O)CCCCc1nc(=S)o[nH]1. The molecule has 14 heavy (non-hydrogen) atoms. The number of nitrogens with two attached hydrogens (primary N) is 1. The molecule has 0 aromatic carbocycles. The van der Waals surface area contributed by atoms with Crippen molar-refractivity contribution in [3.63, 3.8) is 0 Å². The van der Waals surface area contributed by atoms with Crippen molar-refractivity contribution in [3.8, 4) is 0 Å². The minimum Gasteiger partial charge on any atom is -0.348 e. The lowest BCUT2D eigenvalue weighted by Crippen LogP contribution is -2.16. The number of primary sulfonamides is 1. The van der Waals surface area contributed by atoms with Gasteiger partial charge in [-0.1, -0.05) is 0 Å². The van der Waals surface area contributed by atoms with Crippen molar-refractivity contribution in [1.29, 1.82) is 0 Å². The summed E-state index contributed by atoms with van der Waals surface area (Å²) in [6.07, 6.45) is 1.79. The topological polar surface area (TPSA) is 102 Å². The molecule has 80 valence electrons. The number of aromatic amines is 1. The fourth-order valence-electron chi connectivity index (χ4n) is 0.961. The second-order valence-electron chi connectivity index (χ2n) is 2.85. The maximum absolute atomic E-state index is 10.6. The van der Waals surface area contributed by atoms with Crippen LogP contribution in [0, 0.1) is 4.84 Å². The van der Waals surface area contributed by atoms with Gasteiger partial charge in [-0.15, -0.1) is 0 Å². The molecule has 0 saturated carbocycles. The molecule has 0 radical (unpaired) electrons. The van der Waals surface area contributed by atoms with E-state index in [2.05, 4.69) is 22.4 Å². The summed E-state index contributed by atoms with van der Waals surface area (Å²) in [4.78, 5) is 4.02. The lowest BCUT2D eigenvalue weighted by atomic mass is 10.2. The second-order valence-corrected chi connectivity index (χ2v) is 4.94. The van der Waals surface area contributed by atoms with Crippen LogP contribution in [0.2, 0.25) is 0 Å². The van der Waals surface area contributed by atoms with Gasteiger partial charge in [0.15, 0.2) is 0 Å². The number of aromatic nitrogens is 2. The molecular formula is C6H11N3O3S2. The number of H-pyrrole nitrogens is 1. The molecule has 1 rings (SSSR count). The van der Waals surface area contributed by atoms with Crippen LogP contribution in [0.15, 0.2) is 4.52 Å². The van der Waals surface area contributed by atoms with Gasteiger partial charge in [-0.05, 0) is 25.1 Å². The van der Waals surface area contributed by atoms with Gasteiger partial charge in [0, 0.05) is 6.42 Å². The Morgan fingerprint density at radius 1 is 1.50 bits per heavy atom. The molecule has 3 N–H and O–H groups in total. The average molecular weight is 237 g/mol. The molecule has 0 aliphatic carbocycles. The molecule has 1 aromatic rings. The van der Waals surface area contributed by atoms with E-state index in [0.29, 0.717) is 25.1 Å². The van der Waals surface area contributed by atoms with Crippen molar-refractivity contribution in [2.75, 3.05) is 5.75 Å².